The minimum Gasteiger partial charge on any atom is -0.458 e. The van der Waals surface area contributed by atoms with Crippen molar-refractivity contribution in [2.45, 2.75) is 77.6 Å². The van der Waals surface area contributed by atoms with Crippen molar-refractivity contribution < 1.29 is 28.5 Å². The molecule has 0 radical (unpaired) electrons. The Bertz CT molecular complexity index is 1170. The van der Waals surface area contributed by atoms with E-state index in [2.05, 4.69) is 19.2 Å². The molecule has 4 rings (SSSR count). The van der Waals surface area contributed by atoms with Gasteiger partial charge in [0, 0.05) is 24.6 Å². The highest BCUT2D eigenvalue weighted by Gasteiger charge is 2.54. The summed E-state index contributed by atoms with van der Waals surface area (Å²) in [4.78, 5) is 26.0. The molecule has 222 valence electrons. The van der Waals surface area contributed by atoms with Gasteiger partial charge in [-0.3, -0.25) is 5.32 Å². The van der Waals surface area contributed by atoms with Crippen molar-refractivity contribution in [3.63, 3.8) is 0 Å². The predicted molar refractivity (Wildman–Crippen MR) is 159 cm³/mol. The number of benzene rings is 2. The molecular formula is C34H45NO6. The number of anilines is 1. The molecule has 2 fully saturated rings. The minimum absolute atomic E-state index is 0.0320. The molecular weight excluding hydrogens is 518 g/mol. The number of fused-ring (bicyclic) bond motifs is 1. The molecule has 0 bridgehead atoms. The summed E-state index contributed by atoms with van der Waals surface area (Å²) in [5.41, 5.74) is 0.632. The van der Waals surface area contributed by atoms with Gasteiger partial charge in [-0.1, -0.05) is 56.3 Å². The number of amides is 1. The van der Waals surface area contributed by atoms with Crippen LogP contribution in [0.15, 0.2) is 72.8 Å². The second-order valence-electron chi connectivity index (χ2n) is 12.2. The molecule has 0 spiro atoms. The van der Waals surface area contributed by atoms with Gasteiger partial charge in [-0.2, -0.15) is 0 Å². The number of para-hydroxylation sites is 1. The maximum atomic E-state index is 13.0. The molecule has 1 amide bonds. The first kappa shape index (κ1) is 30.8. The first-order valence-corrected chi connectivity index (χ1v) is 14.7. The quantitative estimate of drug-likeness (QED) is 0.172. The van der Waals surface area contributed by atoms with Gasteiger partial charge in [0.05, 0.1) is 11.2 Å². The van der Waals surface area contributed by atoms with Gasteiger partial charge in [0.1, 0.15) is 19.0 Å². The van der Waals surface area contributed by atoms with Crippen molar-refractivity contribution in [3.05, 3.63) is 78.4 Å². The lowest BCUT2D eigenvalue weighted by Crippen LogP contribution is -2.45. The number of ether oxygens (including phenoxy) is 4. The van der Waals surface area contributed by atoms with Crippen LogP contribution >= 0.6 is 0 Å². The summed E-state index contributed by atoms with van der Waals surface area (Å²) < 4.78 is 23.1. The molecule has 6 atom stereocenters. The summed E-state index contributed by atoms with van der Waals surface area (Å²) in [5, 5.41) is 2.86. The third-order valence-corrected chi connectivity index (χ3v) is 9.06. The van der Waals surface area contributed by atoms with Gasteiger partial charge in [-0.25, -0.2) is 9.59 Å². The lowest BCUT2D eigenvalue weighted by atomic mass is 9.61. The Morgan fingerprint density at radius 2 is 1.73 bits per heavy atom. The number of carbonyl (C=O) groups is 2. The molecule has 0 saturated heterocycles. The van der Waals surface area contributed by atoms with Crippen molar-refractivity contribution in [3.8, 4) is 0 Å². The number of hydrogen-bond donors (Lipinski definition) is 1. The van der Waals surface area contributed by atoms with Gasteiger partial charge < -0.3 is 18.9 Å². The molecule has 41 heavy (non-hydrogen) atoms. The van der Waals surface area contributed by atoms with E-state index in [1.807, 2.05) is 74.5 Å². The first-order valence-electron chi connectivity index (χ1n) is 14.7. The zero-order chi connectivity index (χ0) is 29.5. The van der Waals surface area contributed by atoms with E-state index in [-0.39, 0.29) is 42.0 Å². The molecule has 0 aliphatic heterocycles. The van der Waals surface area contributed by atoms with Crippen molar-refractivity contribution in [1.82, 2.24) is 0 Å². The van der Waals surface area contributed by atoms with Crippen LogP contribution in [0.2, 0.25) is 0 Å². The fourth-order valence-electron chi connectivity index (χ4n) is 6.87. The van der Waals surface area contributed by atoms with Gasteiger partial charge in [-0.15, -0.1) is 0 Å². The van der Waals surface area contributed by atoms with Gasteiger partial charge in [0.25, 0.3) is 0 Å². The Morgan fingerprint density at radius 1 is 1.05 bits per heavy atom. The third-order valence-electron chi connectivity index (χ3n) is 9.06. The van der Waals surface area contributed by atoms with E-state index < -0.39 is 17.8 Å². The molecule has 2 aromatic rings. The number of rotatable bonds is 11. The smallest absolute Gasteiger partial charge is 0.412 e. The van der Waals surface area contributed by atoms with Crippen LogP contribution in [-0.4, -0.2) is 43.8 Å². The van der Waals surface area contributed by atoms with Crippen LogP contribution in [0.25, 0.3) is 0 Å². The highest BCUT2D eigenvalue weighted by Crippen LogP contribution is 2.59. The van der Waals surface area contributed by atoms with E-state index in [0.29, 0.717) is 11.3 Å². The minimum atomic E-state index is -0.600. The predicted octanol–water partition coefficient (Wildman–Crippen LogP) is 7.64. The van der Waals surface area contributed by atoms with E-state index in [4.69, 9.17) is 18.9 Å². The summed E-state index contributed by atoms with van der Waals surface area (Å²) >= 11 is 0. The second-order valence-corrected chi connectivity index (χ2v) is 12.2. The fourth-order valence-corrected chi connectivity index (χ4v) is 6.87. The summed E-state index contributed by atoms with van der Waals surface area (Å²) in [6.45, 7) is 8.58. The molecule has 7 heteroatoms. The summed E-state index contributed by atoms with van der Waals surface area (Å²) in [7, 11) is 1.59. The first-order chi connectivity index (χ1) is 19.6. The number of carbonyl (C=O) groups excluding carboxylic acids is 2. The van der Waals surface area contributed by atoms with Crippen molar-refractivity contribution in [2.24, 2.45) is 23.2 Å². The maximum absolute atomic E-state index is 13.0. The van der Waals surface area contributed by atoms with E-state index in [1.54, 1.807) is 19.2 Å². The Morgan fingerprint density at radius 3 is 2.41 bits per heavy atom. The molecule has 1 N–H and O–H groups in total. The highest BCUT2D eigenvalue weighted by molar-refractivity contribution is 5.89. The van der Waals surface area contributed by atoms with Gasteiger partial charge in [0.2, 0.25) is 0 Å². The van der Waals surface area contributed by atoms with Crippen LogP contribution in [0.4, 0.5) is 10.5 Å². The summed E-state index contributed by atoms with van der Waals surface area (Å²) in [5.74, 6) is 0.328. The van der Waals surface area contributed by atoms with Gasteiger partial charge >= 0.3 is 12.1 Å². The van der Waals surface area contributed by atoms with Gasteiger partial charge in [-0.05, 0) is 87.6 Å². The zero-order valence-electron chi connectivity index (χ0n) is 25.0. The van der Waals surface area contributed by atoms with Crippen LogP contribution in [0, 0.1) is 23.2 Å². The van der Waals surface area contributed by atoms with E-state index in [0.717, 1.165) is 32.1 Å². The molecule has 7 nitrogen and oxygen atoms in total. The largest absolute Gasteiger partial charge is 0.458 e. The monoisotopic (exact) mass is 563 g/mol. The second kappa shape index (κ2) is 13.7. The van der Waals surface area contributed by atoms with Crippen LogP contribution in [0.3, 0.4) is 0 Å². The summed E-state index contributed by atoms with van der Waals surface area (Å²) in [6.07, 6.45) is 7.72. The van der Waals surface area contributed by atoms with Crippen LogP contribution < -0.4 is 5.32 Å². The lowest BCUT2D eigenvalue weighted by Gasteiger charge is -2.46. The SMILES string of the molecule is COCOC(C)(C)C=CC(OC(=O)Nc1ccccc1)C(C)C1CCC2C(OC(=O)c3ccccc3)CCCC21C. The van der Waals surface area contributed by atoms with E-state index in [1.165, 1.54) is 0 Å². The molecule has 0 heterocycles. The lowest BCUT2D eigenvalue weighted by molar-refractivity contribution is -0.0924. The normalized spacial score (nSPS) is 25.7. The van der Waals surface area contributed by atoms with Crippen LogP contribution in [-0.2, 0) is 18.9 Å². The average molecular weight is 564 g/mol. The fraction of sp³-hybridized carbons (Fsp3) is 0.529. The summed E-state index contributed by atoms with van der Waals surface area (Å²) in [6, 6.07) is 18.5. The molecule has 2 saturated carbocycles. The number of hydrogen-bond acceptors (Lipinski definition) is 6. The standard InChI is InChI=1S/C34H45NO6/c1-24(29(20-22-33(2,3)39-23-38-5)41-32(37)35-26-15-10-7-11-16-26)27-18-19-28-30(17-12-21-34(27,28)4)40-31(36)25-13-8-6-9-14-25/h6-11,13-16,20,22,24,27-30H,12,17-19,21,23H2,1-5H3,(H,35,37). The molecule has 6 unspecified atom stereocenters. The molecule has 2 aliphatic rings. The van der Waals surface area contributed by atoms with Crippen LogP contribution in [0.5, 0.6) is 0 Å². The van der Waals surface area contributed by atoms with Crippen molar-refractivity contribution >= 4 is 17.7 Å². The van der Waals surface area contributed by atoms with Crippen molar-refractivity contribution in [2.75, 3.05) is 19.2 Å². The Labute approximate surface area is 244 Å². The zero-order valence-corrected chi connectivity index (χ0v) is 25.0. The Kier molecular flexibility index (Phi) is 10.3. The molecule has 2 aromatic carbocycles. The van der Waals surface area contributed by atoms with E-state index >= 15 is 0 Å². The topological polar surface area (TPSA) is 83.1 Å². The number of nitrogens with one attached hydrogen (secondary N) is 1. The Hall–Kier alpha value is -3.16. The average Bonchev–Trinajstić information content (AvgIpc) is 3.32. The molecule has 0 aromatic heterocycles. The maximum Gasteiger partial charge on any atom is 0.412 e. The van der Waals surface area contributed by atoms with Gasteiger partial charge in [0.15, 0.2) is 0 Å². The number of esters is 1. The van der Waals surface area contributed by atoms with E-state index in [9.17, 15) is 9.59 Å². The molecule has 2 aliphatic carbocycles. The third kappa shape index (κ3) is 7.77. The van der Waals surface area contributed by atoms with Crippen LogP contribution in [0.1, 0.15) is 70.2 Å². The number of methoxy groups -OCH3 is 1. The highest BCUT2D eigenvalue weighted by atomic mass is 16.7. The Balaban J connectivity index is 1.52. The van der Waals surface area contributed by atoms with Crippen molar-refractivity contribution in [1.29, 1.82) is 0 Å².